The second-order valence-electron chi connectivity index (χ2n) is 5.83. The monoisotopic (exact) mass is 245 g/mol. The van der Waals surface area contributed by atoms with Gasteiger partial charge in [-0.3, -0.25) is 4.90 Å². The molecule has 0 amide bonds. The zero-order valence-electron chi connectivity index (χ0n) is 10.5. The van der Waals surface area contributed by atoms with Crippen molar-refractivity contribution in [3.63, 3.8) is 0 Å². The van der Waals surface area contributed by atoms with Gasteiger partial charge >= 0.3 is 0 Å². The summed E-state index contributed by atoms with van der Waals surface area (Å²) in [5.41, 5.74) is 2.44. The van der Waals surface area contributed by atoms with E-state index in [1.54, 1.807) is 0 Å². The lowest BCUT2D eigenvalue weighted by Crippen LogP contribution is -2.49. The molecule has 1 aromatic carbocycles. The summed E-state index contributed by atoms with van der Waals surface area (Å²) in [5.74, 6) is 0. The first-order chi connectivity index (χ1) is 8.81. The van der Waals surface area contributed by atoms with Gasteiger partial charge in [0.05, 0.1) is 18.3 Å². The molecule has 2 bridgehead atoms. The van der Waals surface area contributed by atoms with Crippen LogP contribution in [0.25, 0.3) is 0 Å². The molecule has 2 fully saturated rings. The number of ether oxygens (including phenoxy) is 1. The highest BCUT2D eigenvalue weighted by Gasteiger charge is 2.41. The lowest BCUT2D eigenvalue weighted by molar-refractivity contribution is -0.0697. The first-order valence-corrected chi connectivity index (χ1v) is 6.96. The van der Waals surface area contributed by atoms with Gasteiger partial charge in [-0.15, -0.1) is 0 Å². The number of aliphatic hydroxyl groups excluding tert-OH is 1. The quantitative estimate of drug-likeness (QED) is 0.814. The number of fused-ring (bicyclic) bond motifs is 3. The van der Waals surface area contributed by atoms with Crippen molar-refractivity contribution >= 4 is 0 Å². The third-order valence-electron chi connectivity index (χ3n) is 4.71. The zero-order chi connectivity index (χ0) is 12.1. The number of likely N-dealkylation sites (tertiary alicyclic amines) is 1. The molecule has 0 radical (unpaired) electrons. The molecule has 1 aliphatic carbocycles. The van der Waals surface area contributed by atoms with E-state index in [0.29, 0.717) is 12.2 Å². The highest BCUT2D eigenvalue weighted by molar-refractivity contribution is 5.36. The van der Waals surface area contributed by atoms with Gasteiger partial charge in [-0.05, 0) is 30.4 Å². The lowest BCUT2D eigenvalue weighted by Gasteiger charge is -2.37. The summed E-state index contributed by atoms with van der Waals surface area (Å²) in [6, 6.07) is 8.56. The van der Waals surface area contributed by atoms with Crippen molar-refractivity contribution in [3.8, 4) is 0 Å². The van der Waals surface area contributed by atoms with Crippen LogP contribution in [0.4, 0.5) is 0 Å². The number of hydrogen-bond donors (Lipinski definition) is 1. The van der Waals surface area contributed by atoms with Crippen LogP contribution in [0, 0.1) is 0 Å². The molecule has 0 saturated carbocycles. The van der Waals surface area contributed by atoms with Gasteiger partial charge in [-0.1, -0.05) is 24.3 Å². The van der Waals surface area contributed by atoms with E-state index < -0.39 is 0 Å². The Balaban J connectivity index is 1.57. The Morgan fingerprint density at radius 3 is 2.56 bits per heavy atom. The second kappa shape index (κ2) is 4.05. The number of benzene rings is 1. The van der Waals surface area contributed by atoms with Gasteiger partial charge in [0.15, 0.2) is 0 Å². The first kappa shape index (κ1) is 11.0. The topological polar surface area (TPSA) is 32.7 Å². The summed E-state index contributed by atoms with van der Waals surface area (Å²) < 4.78 is 5.88. The van der Waals surface area contributed by atoms with Gasteiger partial charge < -0.3 is 9.84 Å². The Bertz CT molecular complexity index is 450. The molecule has 0 spiro atoms. The van der Waals surface area contributed by atoms with Gasteiger partial charge in [0, 0.05) is 19.1 Å². The zero-order valence-corrected chi connectivity index (χ0v) is 10.5. The molecule has 2 heterocycles. The summed E-state index contributed by atoms with van der Waals surface area (Å²) in [7, 11) is 0. The Morgan fingerprint density at radius 1 is 1.11 bits per heavy atom. The minimum atomic E-state index is -0.321. The Kier molecular flexibility index (Phi) is 2.47. The van der Waals surface area contributed by atoms with Crippen LogP contribution in [0.15, 0.2) is 24.3 Å². The largest absolute Gasteiger partial charge is 0.387 e. The van der Waals surface area contributed by atoms with Crippen LogP contribution >= 0.6 is 0 Å². The van der Waals surface area contributed by atoms with Gasteiger partial charge in [0.2, 0.25) is 0 Å². The van der Waals surface area contributed by atoms with E-state index in [0.717, 1.165) is 25.1 Å². The summed E-state index contributed by atoms with van der Waals surface area (Å²) >= 11 is 0. The van der Waals surface area contributed by atoms with Crippen LogP contribution in [-0.2, 0) is 11.2 Å². The molecule has 1 N–H and O–H groups in total. The fourth-order valence-corrected chi connectivity index (χ4v) is 3.80. The maximum atomic E-state index is 10.5. The molecule has 0 aromatic heterocycles. The summed E-state index contributed by atoms with van der Waals surface area (Å²) in [5, 5.41) is 10.5. The van der Waals surface area contributed by atoms with E-state index in [1.165, 1.54) is 18.4 Å². The molecule has 18 heavy (non-hydrogen) atoms. The number of aliphatic hydroxyl groups is 1. The highest BCUT2D eigenvalue weighted by atomic mass is 16.5. The van der Waals surface area contributed by atoms with Crippen LogP contribution in [-0.4, -0.2) is 41.3 Å². The molecule has 3 heteroatoms. The van der Waals surface area contributed by atoms with Crippen molar-refractivity contribution in [2.75, 3.05) is 13.1 Å². The van der Waals surface area contributed by atoms with Crippen molar-refractivity contribution < 1.29 is 9.84 Å². The molecule has 3 nitrogen and oxygen atoms in total. The number of hydrogen-bond acceptors (Lipinski definition) is 3. The number of rotatable bonds is 1. The van der Waals surface area contributed by atoms with Crippen molar-refractivity contribution in [3.05, 3.63) is 35.4 Å². The average Bonchev–Trinajstić information content (AvgIpc) is 2.91. The standard InChI is InChI=1S/C15H19NO2/c17-15-13-4-2-1-3-10(13)7-14(15)16-8-11-5-6-12(9-16)18-11/h1-4,11-12,14-15,17H,5-9H2. The van der Waals surface area contributed by atoms with E-state index >= 15 is 0 Å². The summed E-state index contributed by atoms with van der Waals surface area (Å²) in [6.45, 7) is 1.98. The maximum Gasteiger partial charge on any atom is 0.0951 e. The molecule has 3 aliphatic rings. The van der Waals surface area contributed by atoms with Gasteiger partial charge in [-0.2, -0.15) is 0 Å². The maximum absolute atomic E-state index is 10.5. The van der Waals surface area contributed by atoms with E-state index in [1.807, 2.05) is 6.07 Å². The Morgan fingerprint density at radius 2 is 1.83 bits per heavy atom. The molecule has 96 valence electrons. The Hall–Kier alpha value is -0.900. The lowest BCUT2D eigenvalue weighted by atomic mass is 10.1. The summed E-state index contributed by atoms with van der Waals surface area (Å²) in [4.78, 5) is 2.45. The van der Waals surface area contributed by atoms with E-state index in [-0.39, 0.29) is 12.1 Å². The normalized spacial score (nSPS) is 38.9. The molecule has 4 unspecified atom stereocenters. The smallest absolute Gasteiger partial charge is 0.0951 e. The van der Waals surface area contributed by atoms with E-state index in [9.17, 15) is 5.11 Å². The minimum absolute atomic E-state index is 0.259. The second-order valence-corrected chi connectivity index (χ2v) is 5.83. The predicted molar refractivity (Wildman–Crippen MR) is 68.4 cm³/mol. The van der Waals surface area contributed by atoms with Crippen LogP contribution in [0.1, 0.15) is 30.1 Å². The molecule has 4 rings (SSSR count). The third-order valence-corrected chi connectivity index (χ3v) is 4.71. The molecule has 4 atom stereocenters. The average molecular weight is 245 g/mol. The molecule has 2 saturated heterocycles. The van der Waals surface area contributed by atoms with Crippen molar-refractivity contribution in [1.82, 2.24) is 4.90 Å². The van der Waals surface area contributed by atoms with E-state index in [4.69, 9.17) is 4.74 Å². The van der Waals surface area contributed by atoms with Crippen LogP contribution in [0.5, 0.6) is 0 Å². The fraction of sp³-hybridized carbons (Fsp3) is 0.600. The van der Waals surface area contributed by atoms with Gasteiger partial charge in [-0.25, -0.2) is 0 Å². The Labute approximate surface area is 107 Å². The third kappa shape index (κ3) is 1.62. The van der Waals surface area contributed by atoms with Crippen LogP contribution in [0.3, 0.4) is 0 Å². The van der Waals surface area contributed by atoms with Gasteiger partial charge in [0.1, 0.15) is 0 Å². The highest BCUT2D eigenvalue weighted by Crippen LogP contribution is 2.37. The van der Waals surface area contributed by atoms with Crippen LogP contribution in [0.2, 0.25) is 0 Å². The number of morpholine rings is 1. The van der Waals surface area contributed by atoms with Crippen LogP contribution < -0.4 is 0 Å². The van der Waals surface area contributed by atoms with Crippen molar-refractivity contribution in [1.29, 1.82) is 0 Å². The van der Waals surface area contributed by atoms with Gasteiger partial charge in [0.25, 0.3) is 0 Å². The minimum Gasteiger partial charge on any atom is -0.387 e. The fourth-order valence-electron chi connectivity index (χ4n) is 3.80. The molecule has 2 aliphatic heterocycles. The first-order valence-electron chi connectivity index (χ1n) is 6.96. The van der Waals surface area contributed by atoms with E-state index in [2.05, 4.69) is 23.1 Å². The molecular weight excluding hydrogens is 226 g/mol. The number of nitrogens with zero attached hydrogens (tertiary/aromatic N) is 1. The SMILES string of the molecule is OC1c2ccccc2CC1N1CC2CCC(C1)O2. The van der Waals surface area contributed by atoms with Crippen molar-refractivity contribution in [2.24, 2.45) is 0 Å². The van der Waals surface area contributed by atoms with Crippen molar-refractivity contribution in [2.45, 2.75) is 43.6 Å². The predicted octanol–water partition coefficient (Wildman–Crippen LogP) is 1.51. The molecule has 1 aromatic rings. The molecular formula is C15H19NO2. The summed E-state index contributed by atoms with van der Waals surface area (Å²) in [6.07, 6.45) is 3.85.